The quantitative estimate of drug-likeness (QED) is 0.794. The Kier molecular flexibility index (Phi) is 6.42. The van der Waals surface area contributed by atoms with E-state index in [0.717, 1.165) is 31.7 Å². The third-order valence-corrected chi connectivity index (χ3v) is 5.10. The molecule has 1 aliphatic rings. The van der Waals surface area contributed by atoms with Crippen LogP contribution in [0.5, 0.6) is 0 Å². The van der Waals surface area contributed by atoms with Gasteiger partial charge < -0.3 is 9.64 Å². The summed E-state index contributed by atoms with van der Waals surface area (Å²) < 4.78 is 5.83. The molecule has 1 amide bonds. The molecular formula is C22H28N2O2. The molecule has 3 rings (SSSR count). The summed E-state index contributed by atoms with van der Waals surface area (Å²) in [5, 5.41) is 0. The lowest BCUT2D eigenvalue weighted by atomic mass is 9.98. The summed E-state index contributed by atoms with van der Waals surface area (Å²) >= 11 is 0. The van der Waals surface area contributed by atoms with Crippen LogP contribution in [0.4, 0.5) is 5.69 Å². The number of piperidine rings is 1. The number of benzene rings is 2. The molecule has 0 spiro atoms. The molecule has 26 heavy (non-hydrogen) atoms. The minimum Gasteiger partial charge on any atom is -0.378 e. The molecule has 4 nitrogen and oxygen atoms in total. The molecule has 1 heterocycles. The molecule has 0 unspecified atom stereocenters. The van der Waals surface area contributed by atoms with Gasteiger partial charge in [0.05, 0.1) is 12.1 Å². The summed E-state index contributed by atoms with van der Waals surface area (Å²) in [7, 11) is 1.75. The van der Waals surface area contributed by atoms with Gasteiger partial charge in [-0.25, -0.2) is 0 Å². The van der Waals surface area contributed by atoms with Crippen LogP contribution in [0.2, 0.25) is 0 Å². The van der Waals surface area contributed by atoms with Gasteiger partial charge in [-0.2, -0.15) is 0 Å². The van der Waals surface area contributed by atoms with Crippen molar-refractivity contribution in [2.24, 2.45) is 0 Å². The van der Waals surface area contributed by atoms with Crippen LogP contribution in [0.25, 0.3) is 0 Å². The number of likely N-dealkylation sites (tertiary alicyclic amines) is 1. The highest BCUT2D eigenvalue weighted by Crippen LogP contribution is 2.27. The van der Waals surface area contributed by atoms with Crippen LogP contribution in [-0.2, 0) is 16.1 Å². The molecule has 0 bridgehead atoms. The van der Waals surface area contributed by atoms with Gasteiger partial charge in [0, 0.05) is 38.9 Å². The summed E-state index contributed by atoms with van der Waals surface area (Å²) in [6.07, 6.45) is 1.41. The average molecular weight is 352 g/mol. The van der Waals surface area contributed by atoms with E-state index in [1.165, 1.54) is 5.56 Å². The number of hydrogen-bond acceptors (Lipinski definition) is 3. The lowest BCUT2D eigenvalue weighted by Crippen LogP contribution is -2.56. The summed E-state index contributed by atoms with van der Waals surface area (Å²) in [5.74, 6) is 0.153. The van der Waals surface area contributed by atoms with Crippen LogP contribution in [0, 0.1) is 0 Å². The second-order valence-corrected chi connectivity index (χ2v) is 6.80. The zero-order valence-corrected chi connectivity index (χ0v) is 15.7. The molecule has 0 aliphatic carbocycles. The number of amides is 1. The summed E-state index contributed by atoms with van der Waals surface area (Å²) in [6, 6.07) is 20.6. The number of carbonyl (C=O) groups is 1. The minimum absolute atomic E-state index is 0.00293. The van der Waals surface area contributed by atoms with Gasteiger partial charge in [0.15, 0.2) is 0 Å². The normalized spacial score (nSPS) is 20.7. The highest BCUT2D eigenvalue weighted by Gasteiger charge is 2.36. The van der Waals surface area contributed by atoms with Gasteiger partial charge in [-0.1, -0.05) is 55.5 Å². The van der Waals surface area contributed by atoms with Gasteiger partial charge in [-0.05, 0) is 24.1 Å². The van der Waals surface area contributed by atoms with Crippen LogP contribution in [0.15, 0.2) is 60.7 Å². The standard InChI is InChI=1S/C22H28N2O2/c1-3-22(25)24(19-12-8-5-9-13-19)20-14-15-23(17-21(20)26-2)16-18-10-6-4-7-11-18/h4-13,20-21H,3,14-17H2,1-2H3/t20-,21+/m0/s1. The molecule has 0 aromatic heterocycles. The van der Waals surface area contributed by atoms with Gasteiger partial charge in [0.2, 0.25) is 5.91 Å². The van der Waals surface area contributed by atoms with Crippen molar-refractivity contribution in [2.75, 3.05) is 25.1 Å². The largest absolute Gasteiger partial charge is 0.378 e. The second-order valence-electron chi connectivity index (χ2n) is 6.80. The van der Waals surface area contributed by atoms with Crippen molar-refractivity contribution in [3.8, 4) is 0 Å². The number of rotatable bonds is 6. The molecule has 138 valence electrons. The van der Waals surface area contributed by atoms with E-state index in [0.29, 0.717) is 6.42 Å². The fraction of sp³-hybridized carbons (Fsp3) is 0.409. The number of hydrogen-bond donors (Lipinski definition) is 0. The van der Waals surface area contributed by atoms with E-state index in [4.69, 9.17) is 4.74 Å². The summed E-state index contributed by atoms with van der Waals surface area (Å²) in [4.78, 5) is 17.1. The molecule has 1 saturated heterocycles. The smallest absolute Gasteiger partial charge is 0.227 e. The van der Waals surface area contributed by atoms with Crippen molar-refractivity contribution in [1.29, 1.82) is 0 Å². The predicted molar refractivity (Wildman–Crippen MR) is 105 cm³/mol. The Bertz CT molecular complexity index is 690. The van der Waals surface area contributed by atoms with Gasteiger partial charge in [-0.15, -0.1) is 0 Å². The lowest BCUT2D eigenvalue weighted by molar-refractivity contribution is -0.120. The van der Waals surface area contributed by atoms with E-state index in [2.05, 4.69) is 29.2 Å². The van der Waals surface area contributed by atoms with Crippen LogP contribution >= 0.6 is 0 Å². The lowest BCUT2D eigenvalue weighted by Gasteiger charge is -2.43. The Morgan fingerprint density at radius 3 is 2.38 bits per heavy atom. The van der Waals surface area contributed by atoms with Crippen LogP contribution < -0.4 is 4.90 Å². The Morgan fingerprint density at radius 1 is 1.12 bits per heavy atom. The van der Waals surface area contributed by atoms with E-state index in [-0.39, 0.29) is 18.1 Å². The summed E-state index contributed by atoms with van der Waals surface area (Å²) in [6.45, 7) is 4.63. The number of carbonyl (C=O) groups excluding carboxylic acids is 1. The molecule has 2 aromatic rings. The van der Waals surface area contributed by atoms with E-state index in [1.54, 1.807) is 7.11 Å². The molecule has 1 aliphatic heterocycles. The van der Waals surface area contributed by atoms with E-state index >= 15 is 0 Å². The van der Waals surface area contributed by atoms with Gasteiger partial charge in [0.25, 0.3) is 0 Å². The molecular weight excluding hydrogens is 324 g/mol. The van der Waals surface area contributed by atoms with Crippen molar-refractivity contribution in [1.82, 2.24) is 4.90 Å². The number of nitrogens with zero attached hydrogens (tertiary/aromatic N) is 2. The molecule has 1 fully saturated rings. The first-order chi connectivity index (χ1) is 12.7. The Balaban J connectivity index is 1.76. The fourth-order valence-corrected chi connectivity index (χ4v) is 3.76. The molecule has 4 heteroatoms. The number of para-hydroxylation sites is 1. The average Bonchev–Trinajstić information content (AvgIpc) is 2.70. The Hall–Kier alpha value is -2.17. The highest BCUT2D eigenvalue weighted by atomic mass is 16.5. The van der Waals surface area contributed by atoms with Gasteiger partial charge in [-0.3, -0.25) is 9.69 Å². The summed E-state index contributed by atoms with van der Waals surface area (Å²) in [5.41, 5.74) is 2.27. The highest BCUT2D eigenvalue weighted by molar-refractivity contribution is 5.93. The van der Waals surface area contributed by atoms with Crippen molar-refractivity contribution in [2.45, 2.75) is 38.5 Å². The van der Waals surface area contributed by atoms with Crippen molar-refractivity contribution in [3.63, 3.8) is 0 Å². The second kappa shape index (κ2) is 8.97. The Morgan fingerprint density at radius 2 is 1.77 bits per heavy atom. The molecule has 0 radical (unpaired) electrons. The van der Waals surface area contributed by atoms with E-state index < -0.39 is 0 Å². The van der Waals surface area contributed by atoms with E-state index in [9.17, 15) is 4.79 Å². The number of methoxy groups -OCH3 is 1. The number of ether oxygens (including phenoxy) is 1. The Labute approximate surface area is 156 Å². The van der Waals surface area contributed by atoms with Crippen molar-refractivity contribution in [3.05, 3.63) is 66.2 Å². The van der Waals surface area contributed by atoms with Crippen molar-refractivity contribution < 1.29 is 9.53 Å². The van der Waals surface area contributed by atoms with Gasteiger partial charge in [0.1, 0.15) is 0 Å². The topological polar surface area (TPSA) is 32.8 Å². The maximum absolute atomic E-state index is 12.7. The third kappa shape index (κ3) is 4.32. The molecule has 2 aromatic carbocycles. The molecule has 0 saturated carbocycles. The third-order valence-electron chi connectivity index (χ3n) is 5.10. The minimum atomic E-state index is 0.00293. The van der Waals surface area contributed by atoms with Gasteiger partial charge >= 0.3 is 0 Å². The molecule has 0 N–H and O–H groups in total. The predicted octanol–water partition coefficient (Wildman–Crippen LogP) is 3.72. The first-order valence-corrected chi connectivity index (χ1v) is 9.39. The number of anilines is 1. The zero-order valence-electron chi connectivity index (χ0n) is 15.7. The zero-order chi connectivity index (χ0) is 18.4. The molecule has 2 atom stereocenters. The van der Waals surface area contributed by atoms with Crippen LogP contribution in [0.3, 0.4) is 0 Å². The maximum Gasteiger partial charge on any atom is 0.227 e. The van der Waals surface area contributed by atoms with Crippen LogP contribution in [-0.4, -0.2) is 43.2 Å². The fourth-order valence-electron chi connectivity index (χ4n) is 3.76. The SMILES string of the molecule is CCC(=O)N(c1ccccc1)[C@H]1CCN(Cc2ccccc2)C[C@H]1OC. The first-order valence-electron chi connectivity index (χ1n) is 9.39. The maximum atomic E-state index is 12.7. The monoisotopic (exact) mass is 352 g/mol. The van der Waals surface area contributed by atoms with Crippen molar-refractivity contribution >= 4 is 11.6 Å². The first kappa shape index (κ1) is 18.6. The van der Waals surface area contributed by atoms with Crippen LogP contribution in [0.1, 0.15) is 25.3 Å². The van der Waals surface area contributed by atoms with E-state index in [1.807, 2.05) is 48.2 Å².